The first-order valence-electron chi connectivity index (χ1n) is 5.85. The number of fused-ring (bicyclic) bond motifs is 1. The molecule has 19 heavy (non-hydrogen) atoms. The summed E-state index contributed by atoms with van der Waals surface area (Å²) in [5.41, 5.74) is 0.641. The van der Waals surface area contributed by atoms with Crippen molar-refractivity contribution in [2.24, 2.45) is 0 Å². The Bertz CT molecular complexity index is 625. The first-order valence-corrected chi connectivity index (χ1v) is 5.85. The molecule has 2 aromatic carbocycles. The molecule has 98 valence electrons. The minimum absolute atomic E-state index is 0.391. The van der Waals surface area contributed by atoms with E-state index in [9.17, 15) is 9.59 Å². The van der Waals surface area contributed by atoms with Gasteiger partial charge in [-0.15, -0.1) is 0 Å². The highest BCUT2D eigenvalue weighted by Gasteiger charge is 2.14. The Morgan fingerprint density at radius 1 is 1.11 bits per heavy atom. The number of carboxylic acid groups (broad SMARTS) is 1. The number of amides is 2. The number of benzene rings is 2. The summed E-state index contributed by atoms with van der Waals surface area (Å²) in [5.74, 6) is -0.391. The van der Waals surface area contributed by atoms with Crippen molar-refractivity contribution in [1.82, 2.24) is 5.32 Å². The number of hydrogen-bond acceptors (Lipinski definition) is 2. The van der Waals surface area contributed by atoms with Crippen LogP contribution in [0.15, 0.2) is 42.5 Å². The highest BCUT2D eigenvalue weighted by atomic mass is 16.4. The van der Waals surface area contributed by atoms with Gasteiger partial charge in [-0.25, -0.2) is 4.79 Å². The van der Waals surface area contributed by atoms with Crippen LogP contribution in [0.25, 0.3) is 10.8 Å². The summed E-state index contributed by atoms with van der Waals surface area (Å²) in [6.45, 7) is 1.49. The van der Waals surface area contributed by atoms with E-state index >= 15 is 0 Å². The lowest BCUT2D eigenvalue weighted by atomic mass is 10.1. The third-order valence-electron chi connectivity index (χ3n) is 2.75. The molecule has 1 atom stereocenters. The lowest BCUT2D eigenvalue weighted by molar-refractivity contribution is -0.117. The highest BCUT2D eigenvalue weighted by Crippen LogP contribution is 2.18. The zero-order valence-electron chi connectivity index (χ0n) is 10.4. The second kappa shape index (κ2) is 5.39. The third-order valence-corrected chi connectivity index (χ3v) is 2.75. The molecule has 0 aliphatic carbocycles. The lowest BCUT2D eigenvalue weighted by Crippen LogP contribution is -2.40. The molecule has 5 heteroatoms. The molecule has 0 unspecified atom stereocenters. The summed E-state index contributed by atoms with van der Waals surface area (Å²) < 4.78 is 0. The van der Waals surface area contributed by atoms with Crippen LogP contribution >= 0.6 is 0 Å². The minimum Gasteiger partial charge on any atom is -0.465 e. The highest BCUT2D eigenvalue weighted by molar-refractivity contribution is 5.98. The van der Waals surface area contributed by atoms with Gasteiger partial charge in [0.15, 0.2) is 0 Å². The van der Waals surface area contributed by atoms with Gasteiger partial charge in [0.25, 0.3) is 0 Å². The topological polar surface area (TPSA) is 78.4 Å². The van der Waals surface area contributed by atoms with Crippen molar-refractivity contribution < 1.29 is 14.7 Å². The van der Waals surface area contributed by atoms with Crippen molar-refractivity contribution >= 4 is 28.5 Å². The van der Waals surface area contributed by atoms with Crippen molar-refractivity contribution in [2.45, 2.75) is 13.0 Å². The van der Waals surface area contributed by atoms with Crippen LogP contribution in [0.5, 0.6) is 0 Å². The Kier molecular flexibility index (Phi) is 3.66. The van der Waals surface area contributed by atoms with Gasteiger partial charge in [0.1, 0.15) is 6.04 Å². The molecule has 0 heterocycles. The number of anilines is 1. The third kappa shape index (κ3) is 3.22. The molecule has 0 saturated carbocycles. The summed E-state index contributed by atoms with van der Waals surface area (Å²) in [4.78, 5) is 22.2. The normalized spacial score (nSPS) is 11.8. The van der Waals surface area contributed by atoms with Gasteiger partial charge in [-0.2, -0.15) is 0 Å². The lowest BCUT2D eigenvalue weighted by Gasteiger charge is -2.12. The average Bonchev–Trinajstić information content (AvgIpc) is 2.37. The number of hydrogen-bond donors (Lipinski definition) is 3. The first kappa shape index (κ1) is 12.9. The Hall–Kier alpha value is -2.56. The monoisotopic (exact) mass is 258 g/mol. The van der Waals surface area contributed by atoms with Gasteiger partial charge in [-0.05, 0) is 29.8 Å². The summed E-state index contributed by atoms with van der Waals surface area (Å²) in [6, 6.07) is 12.5. The van der Waals surface area contributed by atoms with Crippen LogP contribution < -0.4 is 10.6 Å². The quantitative estimate of drug-likeness (QED) is 0.791. The van der Waals surface area contributed by atoms with E-state index in [0.717, 1.165) is 10.8 Å². The molecule has 0 radical (unpaired) electrons. The fraction of sp³-hybridized carbons (Fsp3) is 0.143. The minimum atomic E-state index is -1.22. The summed E-state index contributed by atoms with van der Waals surface area (Å²) >= 11 is 0. The van der Waals surface area contributed by atoms with Gasteiger partial charge in [0.2, 0.25) is 5.91 Å². The molecule has 0 aliphatic heterocycles. The Morgan fingerprint density at radius 3 is 2.47 bits per heavy atom. The SMILES string of the molecule is C[C@H](NC(=O)O)C(=O)Nc1ccc2ccccc2c1. The van der Waals surface area contributed by atoms with Crippen LogP contribution in [-0.2, 0) is 4.79 Å². The summed E-state index contributed by atoms with van der Waals surface area (Å²) in [7, 11) is 0. The van der Waals surface area contributed by atoms with Crippen LogP contribution in [0.4, 0.5) is 10.5 Å². The second-order valence-corrected chi connectivity index (χ2v) is 4.22. The second-order valence-electron chi connectivity index (χ2n) is 4.22. The van der Waals surface area contributed by atoms with Gasteiger partial charge >= 0.3 is 6.09 Å². The zero-order chi connectivity index (χ0) is 13.8. The number of carbonyl (C=O) groups is 2. The largest absolute Gasteiger partial charge is 0.465 e. The van der Waals surface area contributed by atoms with E-state index < -0.39 is 18.0 Å². The molecule has 0 fully saturated rings. The van der Waals surface area contributed by atoms with E-state index in [2.05, 4.69) is 10.6 Å². The standard InChI is InChI=1S/C14H14N2O3/c1-9(15-14(18)19)13(17)16-12-7-6-10-4-2-3-5-11(10)8-12/h2-9,15H,1H3,(H,16,17)(H,18,19)/t9-/m0/s1. The van der Waals surface area contributed by atoms with Crippen LogP contribution in [0.1, 0.15) is 6.92 Å². The van der Waals surface area contributed by atoms with E-state index in [1.54, 1.807) is 6.07 Å². The molecule has 0 aromatic heterocycles. The fourth-order valence-corrected chi connectivity index (χ4v) is 1.77. The summed E-state index contributed by atoms with van der Waals surface area (Å²) in [5, 5.41) is 15.4. The Morgan fingerprint density at radius 2 is 1.79 bits per heavy atom. The number of nitrogens with one attached hydrogen (secondary N) is 2. The van der Waals surface area contributed by atoms with Gasteiger partial charge in [0, 0.05) is 5.69 Å². The molecule has 3 N–H and O–H groups in total. The molecule has 0 bridgehead atoms. The number of carbonyl (C=O) groups excluding carboxylic acids is 1. The first-order chi connectivity index (χ1) is 9.06. The maximum atomic E-state index is 11.7. The molecular formula is C14H14N2O3. The van der Waals surface area contributed by atoms with E-state index in [-0.39, 0.29) is 0 Å². The van der Waals surface area contributed by atoms with Gasteiger partial charge in [-0.3, -0.25) is 4.79 Å². The van der Waals surface area contributed by atoms with E-state index in [4.69, 9.17) is 5.11 Å². The van der Waals surface area contributed by atoms with Crippen LogP contribution in [0, 0.1) is 0 Å². The summed E-state index contributed by atoms with van der Waals surface area (Å²) in [6.07, 6.45) is -1.22. The molecule has 2 amide bonds. The smallest absolute Gasteiger partial charge is 0.405 e. The van der Waals surface area contributed by atoms with Crippen molar-refractivity contribution in [3.05, 3.63) is 42.5 Å². The van der Waals surface area contributed by atoms with E-state index in [0.29, 0.717) is 5.69 Å². The van der Waals surface area contributed by atoms with E-state index in [1.165, 1.54) is 6.92 Å². The van der Waals surface area contributed by atoms with E-state index in [1.807, 2.05) is 36.4 Å². The maximum Gasteiger partial charge on any atom is 0.405 e. The van der Waals surface area contributed by atoms with Gasteiger partial charge in [-0.1, -0.05) is 30.3 Å². The zero-order valence-corrected chi connectivity index (χ0v) is 10.4. The predicted molar refractivity (Wildman–Crippen MR) is 73.2 cm³/mol. The van der Waals surface area contributed by atoms with Crippen molar-refractivity contribution in [3.63, 3.8) is 0 Å². The van der Waals surface area contributed by atoms with Crippen molar-refractivity contribution in [3.8, 4) is 0 Å². The molecule has 5 nitrogen and oxygen atoms in total. The number of rotatable bonds is 3. The fourth-order valence-electron chi connectivity index (χ4n) is 1.77. The molecule has 2 rings (SSSR count). The van der Waals surface area contributed by atoms with Crippen molar-refractivity contribution in [1.29, 1.82) is 0 Å². The van der Waals surface area contributed by atoms with Crippen LogP contribution in [-0.4, -0.2) is 23.1 Å². The van der Waals surface area contributed by atoms with Crippen molar-refractivity contribution in [2.75, 3.05) is 5.32 Å². The molecule has 0 spiro atoms. The van der Waals surface area contributed by atoms with Crippen LogP contribution in [0.3, 0.4) is 0 Å². The molecule has 2 aromatic rings. The average molecular weight is 258 g/mol. The Balaban J connectivity index is 2.12. The molecule has 0 saturated heterocycles. The van der Waals surface area contributed by atoms with Gasteiger partial charge in [0.05, 0.1) is 0 Å². The van der Waals surface area contributed by atoms with Gasteiger partial charge < -0.3 is 15.7 Å². The predicted octanol–water partition coefficient (Wildman–Crippen LogP) is 2.43. The Labute approximate surface area is 110 Å². The molecular weight excluding hydrogens is 244 g/mol. The molecule has 0 aliphatic rings. The maximum absolute atomic E-state index is 11.7. The van der Waals surface area contributed by atoms with Crippen LogP contribution in [0.2, 0.25) is 0 Å².